The van der Waals surface area contributed by atoms with Gasteiger partial charge in [0.2, 0.25) is 11.8 Å². The molecule has 2 aromatic rings. The SMILES string of the molecule is Cc1nn2c(=O)c(C(=O)NC3CC3)c(O)n(CC(C)(C)C)c2c1/C=C/C(=O)N1CCOC[C@@H]1C. The van der Waals surface area contributed by atoms with Gasteiger partial charge in [-0.15, -0.1) is 0 Å². The molecule has 2 amide bonds. The zero-order valence-electron chi connectivity index (χ0n) is 20.4. The minimum absolute atomic E-state index is 0.0320. The molecule has 2 fully saturated rings. The Kier molecular flexibility index (Phi) is 6.28. The number of morpholine rings is 1. The molecule has 2 aliphatic rings. The van der Waals surface area contributed by atoms with E-state index in [1.54, 1.807) is 22.5 Å². The first-order chi connectivity index (χ1) is 16.0. The maximum atomic E-state index is 13.3. The minimum atomic E-state index is -0.688. The van der Waals surface area contributed by atoms with Gasteiger partial charge < -0.3 is 20.1 Å². The van der Waals surface area contributed by atoms with E-state index in [2.05, 4.69) is 10.4 Å². The fraction of sp³-hybridized carbons (Fsp3) is 0.583. The quantitative estimate of drug-likeness (QED) is 0.641. The molecule has 1 aliphatic heterocycles. The molecule has 10 heteroatoms. The summed E-state index contributed by atoms with van der Waals surface area (Å²) in [7, 11) is 0. The van der Waals surface area contributed by atoms with Gasteiger partial charge in [0.05, 0.1) is 24.9 Å². The van der Waals surface area contributed by atoms with Gasteiger partial charge in [0.25, 0.3) is 11.5 Å². The fourth-order valence-corrected chi connectivity index (χ4v) is 4.17. The van der Waals surface area contributed by atoms with E-state index < -0.39 is 17.3 Å². The molecule has 1 aliphatic carbocycles. The van der Waals surface area contributed by atoms with Gasteiger partial charge in [-0.05, 0) is 38.2 Å². The first kappa shape index (κ1) is 24.0. The van der Waals surface area contributed by atoms with Crippen LogP contribution < -0.4 is 10.9 Å². The molecule has 1 saturated carbocycles. The van der Waals surface area contributed by atoms with Crippen LogP contribution in [0, 0.1) is 12.3 Å². The minimum Gasteiger partial charge on any atom is -0.494 e. The van der Waals surface area contributed by atoms with Crippen molar-refractivity contribution >= 4 is 23.5 Å². The van der Waals surface area contributed by atoms with Gasteiger partial charge in [-0.1, -0.05) is 20.8 Å². The predicted octanol–water partition coefficient (Wildman–Crippen LogP) is 1.71. The molecule has 4 rings (SSSR count). The monoisotopic (exact) mass is 471 g/mol. The molecule has 0 bridgehead atoms. The Hall–Kier alpha value is -3.14. The molecule has 1 saturated heterocycles. The van der Waals surface area contributed by atoms with Crippen LogP contribution in [0.25, 0.3) is 11.7 Å². The van der Waals surface area contributed by atoms with Gasteiger partial charge in [-0.2, -0.15) is 9.61 Å². The molecule has 0 aromatic carbocycles. The van der Waals surface area contributed by atoms with Crippen LogP contribution in [0.15, 0.2) is 10.9 Å². The number of aromatic hydroxyl groups is 1. The zero-order chi connectivity index (χ0) is 24.8. The van der Waals surface area contributed by atoms with Gasteiger partial charge in [0.1, 0.15) is 5.65 Å². The van der Waals surface area contributed by atoms with Gasteiger partial charge in [-0.3, -0.25) is 19.0 Å². The highest BCUT2D eigenvalue weighted by Crippen LogP contribution is 2.28. The van der Waals surface area contributed by atoms with Crippen LogP contribution in [0.4, 0.5) is 0 Å². The summed E-state index contributed by atoms with van der Waals surface area (Å²) in [5.41, 5.74) is 0.108. The molecular formula is C24H33N5O5. The van der Waals surface area contributed by atoms with Gasteiger partial charge >= 0.3 is 0 Å². The molecule has 0 unspecified atom stereocenters. The van der Waals surface area contributed by atoms with E-state index in [1.807, 2.05) is 27.7 Å². The number of carbonyl (C=O) groups is 2. The van der Waals surface area contributed by atoms with Crippen molar-refractivity contribution in [3.8, 4) is 5.88 Å². The van der Waals surface area contributed by atoms with Crippen LogP contribution in [0.2, 0.25) is 0 Å². The number of ether oxygens (including phenoxy) is 1. The third-order valence-corrected chi connectivity index (χ3v) is 6.04. The molecular weight excluding hydrogens is 438 g/mol. The highest BCUT2D eigenvalue weighted by Gasteiger charge is 2.31. The lowest BCUT2D eigenvalue weighted by Gasteiger charge is -2.32. The van der Waals surface area contributed by atoms with Crippen molar-refractivity contribution < 1.29 is 19.4 Å². The third-order valence-electron chi connectivity index (χ3n) is 6.04. The summed E-state index contributed by atoms with van der Waals surface area (Å²) in [4.78, 5) is 40.6. The number of carbonyl (C=O) groups excluding carboxylic acids is 2. The second kappa shape index (κ2) is 8.90. The Bertz CT molecular complexity index is 1220. The van der Waals surface area contributed by atoms with Crippen molar-refractivity contribution in [1.82, 2.24) is 24.4 Å². The van der Waals surface area contributed by atoms with E-state index >= 15 is 0 Å². The first-order valence-electron chi connectivity index (χ1n) is 11.7. The van der Waals surface area contributed by atoms with Crippen molar-refractivity contribution in [2.45, 2.75) is 66.1 Å². The summed E-state index contributed by atoms with van der Waals surface area (Å²) < 4.78 is 8.11. The van der Waals surface area contributed by atoms with Crippen molar-refractivity contribution in [2.24, 2.45) is 5.41 Å². The van der Waals surface area contributed by atoms with Crippen molar-refractivity contribution in [3.05, 3.63) is 33.3 Å². The van der Waals surface area contributed by atoms with Crippen molar-refractivity contribution in [1.29, 1.82) is 0 Å². The van der Waals surface area contributed by atoms with Crippen LogP contribution >= 0.6 is 0 Å². The van der Waals surface area contributed by atoms with Crippen LogP contribution in [-0.2, 0) is 16.1 Å². The average Bonchev–Trinajstić information content (AvgIpc) is 3.49. The number of fused-ring (bicyclic) bond motifs is 1. The highest BCUT2D eigenvalue weighted by atomic mass is 16.5. The second-order valence-electron chi connectivity index (χ2n) is 10.4. The van der Waals surface area contributed by atoms with E-state index in [1.165, 1.54) is 6.08 Å². The number of rotatable bonds is 5. The third kappa shape index (κ3) is 4.72. The van der Waals surface area contributed by atoms with Crippen LogP contribution in [0.3, 0.4) is 0 Å². The predicted molar refractivity (Wildman–Crippen MR) is 127 cm³/mol. The molecule has 1 atom stereocenters. The largest absolute Gasteiger partial charge is 0.494 e. The van der Waals surface area contributed by atoms with Gasteiger partial charge in [0, 0.05) is 30.8 Å². The molecule has 3 heterocycles. The molecule has 2 N–H and O–H groups in total. The average molecular weight is 472 g/mol. The van der Waals surface area contributed by atoms with Crippen LogP contribution in [0.1, 0.15) is 62.2 Å². The smallest absolute Gasteiger partial charge is 0.291 e. The number of hydrogen-bond acceptors (Lipinski definition) is 6. The Morgan fingerprint density at radius 2 is 2.00 bits per heavy atom. The summed E-state index contributed by atoms with van der Waals surface area (Å²) in [5.74, 6) is -1.16. The zero-order valence-corrected chi connectivity index (χ0v) is 20.4. The Morgan fingerprint density at radius 1 is 1.29 bits per heavy atom. The van der Waals surface area contributed by atoms with Crippen LogP contribution in [-0.4, -0.2) is 67.8 Å². The fourth-order valence-electron chi connectivity index (χ4n) is 4.17. The lowest BCUT2D eigenvalue weighted by atomic mass is 9.96. The summed E-state index contributed by atoms with van der Waals surface area (Å²) in [6.45, 7) is 11.5. The number of nitrogens with one attached hydrogen (secondary N) is 1. The molecule has 0 radical (unpaired) electrons. The molecule has 184 valence electrons. The van der Waals surface area contributed by atoms with Gasteiger partial charge in [-0.25, -0.2) is 0 Å². The van der Waals surface area contributed by atoms with Crippen molar-refractivity contribution in [2.75, 3.05) is 19.8 Å². The lowest BCUT2D eigenvalue weighted by Crippen LogP contribution is -2.46. The second-order valence-corrected chi connectivity index (χ2v) is 10.4. The standard InChI is InChI=1S/C24H33N5O5/c1-14-12-34-11-10-27(14)18(30)9-8-17-15(2)26-29-21(17)28(13-24(3,4)5)22(32)19(23(29)33)20(31)25-16-6-7-16/h8-9,14,16,32H,6-7,10-13H2,1-5H3,(H,25,31)/b9-8+/t14-/m0/s1. The van der Waals surface area contributed by atoms with Crippen molar-refractivity contribution in [3.63, 3.8) is 0 Å². The molecule has 34 heavy (non-hydrogen) atoms. The topological polar surface area (TPSA) is 118 Å². The van der Waals surface area contributed by atoms with E-state index in [0.29, 0.717) is 43.2 Å². The van der Waals surface area contributed by atoms with Crippen LogP contribution in [0.5, 0.6) is 5.88 Å². The van der Waals surface area contributed by atoms with E-state index in [-0.39, 0.29) is 29.0 Å². The number of aromatic nitrogens is 3. The number of nitrogens with zero attached hydrogens (tertiary/aromatic N) is 4. The summed E-state index contributed by atoms with van der Waals surface area (Å²) in [6, 6.07) is -0.00365. The maximum Gasteiger partial charge on any atom is 0.291 e. The van der Waals surface area contributed by atoms with E-state index in [4.69, 9.17) is 4.74 Å². The molecule has 10 nitrogen and oxygen atoms in total. The summed E-state index contributed by atoms with van der Waals surface area (Å²) >= 11 is 0. The Labute approximate surface area is 198 Å². The number of aryl methyl sites for hydroxylation is 1. The van der Waals surface area contributed by atoms with E-state index in [9.17, 15) is 19.5 Å². The lowest BCUT2D eigenvalue weighted by molar-refractivity contribution is -0.133. The maximum absolute atomic E-state index is 13.3. The molecule has 2 aromatic heterocycles. The summed E-state index contributed by atoms with van der Waals surface area (Å²) in [5, 5.41) is 18.3. The number of amides is 2. The highest BCUT2D eigenvalue weighted by molar-refractivity contribution is 5.97. The normalized spacial score (nSPS) is 19.2. The Morgan fingerprint density at radius 3 is 2.62 bits per heavy atom. The first-order valence-corrected chi connectivity index (χ1v) is 11.7. The Balaban J connectivity index is 1.83. The molecule has 0 spiro atoms. The van der Waals surface area contributed by atoms with E-state index in [0.717, 1.165) is 17.4 Å². The van der Waals surface area contributed by atoms with Gasteiger partial charge in [0.15, 0.2) is 5.56 Å². The summed E-state index contributed by atoms with van der Waals surface area (Å²) in [6.07, 6.45) is 4.81. The number of hydrogen-bond donors (Lipinski definition) is 2.